The van der Waals surface area contributed by atoms with Gasteiger partial charge >= 0.3 is 12.4 Å². The Bertz CT molecular complexity index is 1420. The summed E-state index contributed by atoms with van der Waals surface area (Å²) in [5.41, 5.74) is -3.49. The Kier molecular flexibility index (Phi) is 8.70. The maximum Gasteiger partial charge on any atom is 0.426 e. The van der Waals surface area contributed by atoms with E-state index in [9.17, 15) is 50.1 Å². The average molecular weight is 665 g/mol. The quantitative estimate of drug-likeness (QED) is 0.275. The second-order valence-electron chi connectivity index (χ2n) is 14.3. The van der Waals surface area contributed by atoms with Crippen LogP contribution in [0.25, 0.3) is 0 Å². The zero-order valence-electron chi connectivity index (χ0n) is 25.6. The van der Waals surface area contributed by atoms with Crippen molar-refractivity contribution in [2.24, 2.45) is 34.5 Å². The Labute approximate surface area is 260 Å². The van der Waals surface area contributed by atoms with Crippen LogP contribution in [0.15, 0.2) is 58.5 Å². The molecule has 1 aromatic carbocycles. The summed E-state index contributed by atoms with van der Waals surface area (Å²) < 4.78 is 111. The van der Waals surface area contributed by atoms with Crippen molar-refractivity contribution in [1.29, 1.82) is 0 Å². The molecule has 2 unspecified atom stereocenters. The lowest BCUT2D eigenvalue weighted by Gasteiger charge is -2.55. The molecular weight excluding hydrogens is 622 g/mol. The van der Waals surface area contributed by atoms with Crippen molar-refractivity contribution >= 4 is 9.84 Å². The minimum absolute atomic E-state index is 0.0452. The lowest BCUT2D eigenvalue weighted by Crippen LogP contribution is -2.61. The highest BCUT2D eigenvalue weighted by atomic mass is 32.2. The van der Waals surface area contributed by atoms with E-state index in [-0.39, 0.29) is 23.4 Å². The largest absolute Gasteiger partial charge is 0.426 e. The molecule has 0 heterocycles. The number of rotatable bonds is 7. The third-order valence-corrected chi connectivity index (χ3v) is 14.2. The number of benzene rings is 1. The summed E-state index contributed by atoms with van der Waals surface area (Å²) in [6.07, 6.45) is -8.26. The molecule has 9 atom stereocenters. The van der Waals surface area contributed by atoms with Gasteiger partial charge in [-0.25, -0.2) is 8.42 Å². The molecule has 0 bridgehead atoms. The third-order valence-electron chi connectivity index (χ3n) is 12.1. The van der Waals surface area contributed by atoms with Gasteiger partial charge in [0, 0.05) is 6.42 Å². The van der Waals surface area contributed by atoms with Crippen LogP contribution in [-0.4, -0.2) is 59.1 Å². The summed E-state index contributed by atoms with van der Waals surface area (Å²) in [7, 11) is -4.97. The van der Waals surface area contributed by atoms with Gasteiger partial charge in [-0.05, 0) is 91.6 Å². The predicted octanol–water partition coefficient (Wildman–Crippen LogP) is 6.93. The van der Waals surface area contributed by atoms with Crippen LogP contribution in [0.4, 0.5) is 26.3 Å². The number of sulfone groups is 1. The van der Waals surface area contributed by atoms with Crippen LogP contribution in [0.3, 0.4) is 0 Å². The number of alkyl halides is 6. The standard InChI is InChI=1S/C33H42F6O5S/c1-19(24-11-12-25-23-10-9-20-17-21(40)13-15-29(20,2)26(23)14-16-30(24,25)3)28(41)27(45(43,44)22-7-5-4-6-8-22)18-31(42,32(34,35)36)33(37,38)39/h4-10,19,21,24-28,40-42H,11-18H2,1-3H3/t19-,21-,24+,25-,26-,27?,28?,29-,30+/m0/s1. The number of aliphatic hydroxyl groups is 3. The van der Waals surface area contributed by atoms with Crippen LogP contribution in [-0.2, 0) is 9.84 Å². The third kappa shape index (κ3) is 5.49. The Morgan fingerprint density at radius 1 is 0.911 bits per heavy atom. The molecule has 12 heteroatoms. The van der Waals surface area contributed by atoms with Crippen LogP contribution < -0.4 is 0 Å². The van der Waals surface area contributed by atoms with Crippen LogP contribution in [0, 0.1) is 34.5 Å². The smallest absolute Gasteiger partial charge is 0.393 e. The average Bonchev–Trinajstić information content (AvgIpc) is 3.31. The Morgan fingerprint density at radius 2 is 1.53 bits per heavy atom. The normalized spacial score (nSPS) is 34.5. The van der Waals surface area contributed by atoms with E-state index in [1.165, 1.54) is 36.3 Å². The molecular formula is C33H42F6O5S. The second kappa shape index (κ2) is 11.4. The molecule has 3 N–H and O–H groups in total. The van der Waals surface area contributed by atoms with Crippen molar-refractivity contribution in [3.05, 3.63) is 53.6 Å². The van der Waals surface area contributed by atoms with Crippen molar-refractivity contribution in [3.63, 3.8) is 0 Å². The Hall–Kier alpha value is -1.89. The molecule has 0 saturated heterocycles. The van der Waals surface area contributed by atoms with E-state index in [4.69, 9.17) is 0 Å². The first-order chi connectivity index (χ1) is 20.7. The number of allylic oxidation sites excluding steroid dienone is 3. The van der Waals surface area contributed by atoms with Crippen molar-refractivity contribution in [2.45, 2.75) is 112 Å². The summed E-state index contributed by atoms with van der Waals surface area (Å²) in [6, 6.07) is 6.11. The van der Waals surface area contributed by atoms with Gasteiger partial charge in [0.25, 0.3) is 5.60 Å². The van der Waals surface area contributed by atoms with E-state index >= 15 is 0 Å². The maximum absolute atomic E-state index is 13.9. The highest BCUT2D eigenvalue weighted by Crippen LogP contribution is 2.66. The Morgan fingerprint density at radius 3 is 2.13 bits per heavy atom. The Balaban J connectivity index is 1.50. The van der Waals surface area contributed by atoms with E-state index < -0.39 is 67.7 Å². The molecule has 1 aromatic rings. The first-order valence-corrected chi connectivity index (χ1v) is 17.1. The topological polar surface area (TPSA) is 94.8 Å². The molecule has 4 aliphatic rings. The minimum atomic E-state index is -6.24. The van der Waals surface area contributed by atoms with Crippen LogP contribution in [0.5, 0.6) is 0 Å². The summed E-state index contributed by atoms with van der Waals surface area (Å²) in [6.45, 7) is 5.76. The zero-order chi connectivity index (χ0) is 33.4. The summed E-state index contributed by atoms with van der Waals surface area (Å²) >= 11 is 0. The predicted molar refractivity (Wildman–Crippen MR) is 155 cm³/mol. The van der Waals surface area contributed by atoms with Gasteiger partial charge in [0.15, 0.2) is 9.84 Å². The fourth-order valence-electron chi connectivity index (χ4n) is 9.35. The van der Waals surface area contributed by atoms with Gasteiger partial charge in [0.1, 0.15) is 0 Å². The number of aliphatic hydroxyl groups excluding tert-OH is 2. The molecule has 5 rings (SSSR count). The minimum Gasteiger partial charge on any atom is -0.393 e. The molecule has 3 saturated carbocycles. The van der Waals surface area contributed by atoms with Crippen molar-refractivity contribution in [1.82, 2.24) is 0 Å². The summed E-state index contributed by atoms with van der Waals surface area (Å²) in [4.78, 5) is -0.537. The summed E-state index contributed by atoms with van der Waals surface area (Å²) in [5.74, 6) is -1.11. The molecule has 4 aliphatic carbocycles. The van der Waals surface area contributed by atoms with Gasteiger partial charge in [0.2, 0.25) is 0 Å². The molecule has 0 amide bonds. The molecule has 3 fully saturated rings. The molecule has 0 spiro atoms. The first kappa shape index (κ1) is 34.4. The molecule has 0 radical (unpaired) electrons. The molecule has 0 aromatic heterocycles. The number of hydrogen-bond donors (Lipinski definition) is 3. The van der Waals surface area contributed by atoms with Gasteiger partial charge in [-0.2, -0.15) is 26.3 Å². The highest BCUT2D eigenvalue weighted by molar-refractivity contribution is 7.92. The molecule has 252 valence electrons. The van der Waals surface area contributed by atoms with Gasteiger partial charge in [0.05, 0.1) is 22.4 Å². The summed E-state index contributed by atoms with van der Waals surface area (Å²) in [5, 5.41) is 29.4. The fraction of sp³-hybridized carbons (Fsp3) is 0.697. The van der Waals surface area contributed by atoms with Gasteiger partial charge in [-0.15, -0.1) is 0 Å². The van der Waals surface area contributed by atoms with Gasteiger partial charge < -0.3 is 15.3 Å². The van der Waals surface area contributed by atoms with Crippen molar-refractivity contribution in [3.8, 4) is 0 Å². The first-order valence-electron chi connectivity index (χ1n) is 15.6. The maximum atomic E-state index is 13.9. The van der Waals surface area contributed by atoms with Gasteiger partial charge in [-0.1, -0.05) is 62.3 Å². The molecule has 5 nitrogen and oxygen atoms in total. The SMILES string of the molecule is C[C@H](C(O)C(CC(O)(C(F)(F)F)C(F)(F)F)S(=O)(=O)c1ccccc1)[C@H]1CC[C@H]2C3=CC=C4C[C@@H](O)CC[C@]4(C)[C@H]3CC[C@]12C. The van der Waals surface area contributed by atoms with E-state index in [0.29, 0.717) is 32.1 Å². The van der Waals surface area contributed by atoms with Crippen LogP contribution in [0.2, 0.25) is 0 Å². The fourth-order valence-corrected chi connectivity index (χ4v) is 11.3. The monoisotopic (exact) mass is 664 g/mol. The zero-order valence-corrected chi connectivity index (χ0v) is 26.4. The second-order valence-corrected chi connectivity index (χ2v) is 16.5. The van der Waals surface area contributed by atoms with E-state index in [1.54, 1.807) is 0 Å². The van der Waals surface area contributed by atoms with Gasteiger partial charge in [-0.3, -0.25) is 0 Å². The van der Waals surface area contributed by atoms with Crippen molar-refractivity contribution in [2.75, 3.05) is 0 Å². The number of fused-ring (bicyclic) bond motifs is 5. The lowest BCUT2D eigenvalue weighted by atomic mass is 9.50. The van der Waals surface area contributed by atoms with Crippen LogP contribution in [0.1, 0.15) is 72.1 Å². The number of hydrogen-bond acceptors (Lipinski definition) is 5. The number of halogens is 6. The van der Waals surface area contributed by atoms with Crippen molar-refractivity contribution < 1.29 is 50.1 Å². The lowest BCUT2D eigenvalue weighted by molar-refractivity contribution is -0.370. The van der Waals surface area contributed by atoms with Crippen LogP contribution >= 0.6 is 0 Å². The van der Waals surface area contributed by atoms with E-state index in [0.717, 1.165) is 25.0 Å². The van der Waals surface area contributed by atoms with E-state index in [2.05, 4.69) is 19.1 Å². The van der Waals surface area contributed by atoms with E-state index in [1.807, 2.05) is 6.92 Å². The molecule has 45 heavy (non-hydrogen) atoms. The molecule has 0 aliphatic heterocycles. The highest BCUT2D eigenvalue weighted by Gasteiger charge is 2.72.